The summed E-state index contributed by atoms with van der Waals surface area (Å²) in [5, 5.41) is 5.57. The third kappa shape index (κ3) is 2.64. The van der Waals surface area contributed by atoms with E-state index >= 15 is 0 Å². The van der Waals surface area contributed by atoms with E-state index in [0.29, 0.717) is 18.5 Å². The molecule has 1 aliphatic heterocycles. The summed E-state index contributed by atoms with van der Waals surface area (Å²) in [5.74, 6) is -0.107. The Labute approximate surface area is 100 Å². The molecule has 0 aliphatic carbocycles. The van der Waals surface area contributed by atoms with E-state index < -0.39 is 0 Å². The van der Waals surface area contributed by atoms with Gasteiger partial charge in [0, 0.05) is 18.5 Å². The summed E-state index contributed by atoms with van der Waals surface area (Å²) < 4.78 is 0. The first-order chi connectivity index (χ1) is 8.06. The zero-order chi connectivity index (χ0) is 12.4. The second-order valence-corrected chi connectivity index (χ2v) is 4.50. The van der Waals surface area contributed by atoms with E-state index in [1.165, 1.54) is 0 Å². The van der Waals surface area contributed by atoms with Gasteiger partial charge in [-0.2, -0.15) is 0 Å². The van der Waals surface area contributed by atoms with Crippen molar-refractivity contribution in [3.63, 3.8) is 0 Å². The van der Waals surface area contributed by atoms with Crippen LogP contribution in [-0.2, 0) is 4.79 Å². The van der Waals surface area contributed by atoms with E-state index in [4.69, 9.17) is 0 Å². The predicted octanol–water partition coefficient (Wildman–Crippen LogP) is 0.922. The predicted molar refractivity (Wildman–Crippen MR) is 64.8 cm³/mol. The molecule has 1 atom stereocenters. The van der Waals surface area contributed by atoms with Gasteiger partial charge in [-0.15, -0.1) is 0 Å². The average molecular weight is 232 g/mol. The van der Waals surface area contributed by atoms with Crippen LogP contribution in [0.15, 0.2) is 18.2 Å². The van der Waals surface area contributed by atoms with Crippen molar-refractivity contribution >= 4 is 11.8 Å². The number of hydrogen-bond acceptors (Lipinski definition) is 2. The Morgan fingerprint density at radius 1 is 1.41 bits per heavy atom. The molecule has 1 saturated heterocycles. The number of amides is 2. The SMILES string of the molecule is Cc1ccc(C)c(C(=O)NC2CNC(=O)C2)c1. The smallest absolute Gasteiger partial charge is 0.251 e. The molecule has 2 rings (SSSR count). The molecule has 1 aromatic rings. The molecule has 1 unspecified atom stereocenters. The standard InChI is InChI=1S/C13H16N2O2/c1-8-3-4-9(2)11(5-8)13(17)15-10-6-12(16)14-7-10/h3-5,10H,6-7H2,1-2H3,(H,14,16)(H,15,17). The molecular formula is C13H16N2O2. The van der Waals surface area contributed by atoms with Crippen LogP contribution in [0.3, 0.4) is 0 Å². The summed E-state index contributed by atoms with van der Waals surface area (Å²) in [4.78, 5) is 23.1. The van der Waals surface area contributed by atoms with Crippen molar-refractivity contribution in [2.24, 2.45) is 0 Å². The van der Waals surface area contributed by atoms with Crippen LogP contribution in [0.25, 0.3) is 0 Å². The minimum atomic E-state index is -0.104. The minimum absolute atomic E-state index is 0.00346. The largest absolute Gasteiger partial charge is 0.354 e. The lowest BCUT2D eigenvalue weighted by Gasteiger charge is -2.12. The second kappa shape index (κ2) is 4.57. The van der Waals surface area contributed by atoms with E-state index in [1.807, 2.05) is 32.0 Å². The van der Waals surface area contributed by atoms with Crippen LogP contribution >= 0.6 is 0 Å². The number of aryl methyl sites for hydroxylation is 2. The maximum Gasteiger partial charge on any atom is 0.251 e. The van der Waals surface area contributed by atoms with Gasteiger partial charge < -0.3 is 10.6 Å². The van der Waals surface area contributed by atoms with Crippen LogP contribution in [0.1, 0.15) is 27.9 Å². The van der Waals surface area contributed by atoms with Crippen molar-refractivity contribution in [2.75, 3.05) is 6.54 Å². The van der Waals surface area contributed by atoms with Gasteiger partial charge >= 0.3 is 0 Å². The van der Waals surface area contributed by atoms with Gasteiger partial charge in [0.25, 0.3) is 5.91 Å². The maximum atomic E-state index is 12.0. The van der Waals surface area contributed by atoms with Gasteiger partial charge in [-0.1, -0.05) is 17.7 Å². The molecule has 4 nitrogen and oxygen atoms in total. The van der Waals surface area contributed by atoms with Gasteiger partial charge in [-0.25, -0.2) is 0 Å². The molecule has 0 bridgehead atoms. The van der Waals surface area contributed by atoms with Gasteiger partial charge in [-0.3, -0.25) is 9.59 Å². The molecule has 0 radical (unpaired) electrons. The number of benzene rings is 1. The number of hydrogen-bond donors (Lipinski definition) is 2. The third-order valence-electron chi connectivity index (χ3n) is 2.95. The Hall–Kier alpha value is -1.84. The Morgan fingerprint density at radius 2 is 2.18 bits per heavy atom. The van der Waals surface area contributed by atoms with E-state index in [1.54, 1.807) is 0 Å². The molecule has 1 aromatic carbocycles. The minimum Gasteiger partial charge on any atom is -0.354 e. The highest BCUT2D eigenvalue weighted by atomic mass is 16.2. The van der Waals surface area contributed by atoms with Crippen LogP contribution in [0.2, 0.25) is 0 Å². The zero-order valence-electron chi connectivity index (χ0n) is 10.0. The summed E-state index contributed by atoms with van der Waals surface area (Å²) in [5.41, 5.74) is 2.69. The summed E-state index contributed by atoms with van der Waals surface area (Å²) in [7, 11) is 0. The summed E-state index contributed by atoms with van der Waals surface area (Å²) in [6.45, 7) is 4.39. The number of nitrogens with one attached hydrogen (secondary N) is 2. The van der Waals surface area contributed by atoms with Crippen LogP contribution < -0.4 is 10.6 Å². The molecule has 1 aliphatic rings. The lowest BCUT2D eigenvalue weighted by atomic mass is 10.0. The monoisotopic (exact) mass is 232 g/mol. The topological polar surface area (TPSA) is 58.2 Å². The Balaban J connectivity index is 2.09. The van der Waals surface area contributed by atoms with Gasteiger partial charge in [0.1, 0.15) is 0 Å². The first-order valence-corrected chi connectivity index (χ1v) is 5.71. The van der Waals surface area contributed by atoms with Crippen LogP contribution in [-0.4, -0.2) is 24.4 Å². The number of rotatable bonds is 2. The number of carbonyl (C=O) groups excluding carboxylic acids is 2. The fraction of sp³-hybridized carbons (Fsp3) is 0.385. The molecule has 0 spiro atoms. The Bertz CT molecular complexity index is 468. The highest BCUT2D eigenvalue weighted by Crippen LogP contribution is 2.11. The molecule has 2 amide bonds. The molecule has 0 saturated carbocycles. The fourth-order valence-electron chi connectivity index (χ4n) is 1.95. The molecule has 1 fully saturated rings. The van der Waals surface area contributed by atoms with Crippen LogP contribution in [0.5, 0.6) is 0 Å². The van der Waals surface area contributed by atoms with Crippen molar-refractivity contribution in [1.82, 2.24) is 10.6 Å². The molecule has 17 heavy (non-hydrogen) atoms. The Kier molecular flexibility index (Phi) is 3.13. The maximum absolute atomic E-state index is 12.0. The fourth-order valence-corrected chi connectivity index (χ4v) is 1.95. The average Bonchev–Trinajstić information content (AvgIpc) is 2.67. The molecule has 1 heterocycles. The normalized spacial score (nSPS) is 18.9. The lowest BCUT2D eigenvalue weighted by Crippen LogP contribution is -2.36. The first-order valence-electron chi connectivity index (χ1n) is 5.71. The lowest BCUT2D eigenvalue weighted by molar-refractivity contribution is -0.119. The van der Waals surface area contributed by atoms with E-state index in [-0.39, 0.29) is 17.9 Å². The molecule has 0 aromatic heterocycles. The van der Waals surface area contributed by atoms with E-state index in [0.717, 1.165) is 11.1 Å². The van der Waals surface area contributed by atoms with Crippen LogP contribution in [0, 0.1) is 13.8 Å². The molecule has 90 valence electrons. The van der Waals surface area contributed by atoms with Crippen molar-refractivity contribution in [3.8, 4) is 0 Å². The molecule has 2 N–H and O–H groups in total. The summed E-state index contributed by atoms with van der Waals surface area (Å²) in [6, 6.07) is 5.69. The quantitative estimate of drug-likeness (QED) is 0.796. The van der Waals surface area contributed by atoms with Crippen molar-refractivity contribution in [2.45, 2.75) is 26.3 Å². The van der Waals surface area contributed by atoms with E-state index in [2.05, 4.69) is 10.6 Å². The van der Waals surface area contributed by atoms with Gasteiger partial charge in [0.15, 0.2) is 0 Å². The highest BCUT2D eigenvalue weighted by Gasteiger charge is 2.23. The molecule has 4 heteroatoms. The highest BCUT2D eigenvalue weighted by molar-refractivity contribution is 5.96. The van der Waals surface area contributed by atoms with Crippen LogP contribution in [0.4, 0.5) is 0 Å². The first kappa shape index (κ1) is 11.6. The summed E-state index contributed by atoms with van der Waals surface area (Å²) in [6.07, 6.45) is 0.372. The van der Waals surface area contributed by atoms with Gasteiger partial charge in [0.2, 0.25) is 5.91 Å². The van der Waals surface area contributed by atoms with Crippen molar-refractivity contribution in [3.05, 3.63) is 34.9 Å². The Morgan fingerprint density at radius 3 is 2.82 bits per heavy atom. The van der Waals surface area contributed by atoms with Crippen molar-refractivity contribution in [1.29, 1.82) is 0 Å². The number of carbonyl (C=O) groups is 2. The zero-order valence-corrected chi connectivity index (χ0v) is 10.0. The van der Waals surface area contributed by atoms with Crippen molar-refractivity contribution < 1.29 is 9.59 Å². The van der Waals surface area contributed by atoms with E-state index in [9.17, 15) is 9.59 Å². The molecular weight excluding hydrogens is 216 g/mol. The van der Waals surface area contributed by atoms with Gasteiger partial charge in [0.05, 0.1) is 6.04 Å². The third-order valence-corrected chi connectivity index (χ3v) is 2.95. The van der Waals surface area contributed by atoms with Gasteiger partial charge in [-0.05, 0) is 25.5 Å². The summed E-state index contributed by atoms with van der Waals surface area (Å²) >= 11 is 0. The second-order valence-electron chi connectivity index (χ2n) is 4.50.